The minimum atomic E-state index is -0.346. The van der Waals surface area contributed by atoms with E-state index in [4.69, 9.17) is 4.74 Å². The summed E-state index contributed by atoms with van der Waals surface area (Å²) in [6.07, 6.45) is 0. The highest BCUT2D eigenvalue weighted by molar-refractivity contribution is 5.46. The van der Waals surface area contributed by atoms with Crippen molar-refractivity contribution < 1.29 is 13.5 Å². The Hall–Kier alpha value is -2.10. The third-order valence-electron chi connectivity index (χ3n) is 2.59. The molecule has 0 aliphatic heterocycles. The molecule has 0 bridgehead atoms. The van der Waals surface area contributed by atoms with E-state index < -0.39 is 0 Å². The van der Waals surface area contributed by atoms with Gasteiger partial charge < -0.3 is 10.1 Å². The van der Waals surface area contributed by atoms with Gasteiger partial charge >= 0.3 is 0 Å². The predicted molar refractivity (Wildman–Crippen MR) is 66.7 cm³/mol. The van der Waals surface area contributed by atoms with E-state index in [0.29, 0.717) is 23.5 Å². The maximum atomic E-state index is 13.4. The lowest BCUT2D eigenvalue weighted by atomic mass is 10.2. The molecule has 0 aliphatic rings. The molecular formula is C14H13F2NO. The molecule has 18 heavy (non-hydrogen) atoms. The quantitative estimate of drug-likeness (QED) is 0.894. The van der Waals surface area contributed by atoms with E-state index >= 15 is 0 Å². The first-order chi connectivity index (χ1) is 8.70. The zero-order valence-electron chi connectivity index (χ0n) is 9.91. The van der Waals surface area contributed by atoms with Crippen LogP contribution in [-0.2, 0) is 6.54 Å². The van der Waals surface area contributed by atoms with Crippen molar-refractivity contribution in [1.82, 2.24) is 0 Å². The Balaban J connectivity index is 2.15. The van der Waals surface area contributed by atoms with Gasteiger partial charge in [-0.15, -0.1) is 0 Å². The zero-order chi connectivity index (χ0) is 13.0. The van der Waals surface area contributed by atoms with Crippen LogP contribution in [-0.4, -0.2) is 7.11 Å². The fourth-order valence-corrected chi connectivity index (χ4v) is 1.68. The highest BCUT2D eigenvalue weighted by Crippen LogP contribution is 2.21. The van der Waals surface area contributed by atoms with E-state index in [-0.39, 0.29) is 11.6 Å². The van der Waals surface area contributed by atoms with Crippen molar-refractivity contribution in [3.63, 3.8) is 0 Å². The van der Waals surface area contributed by atoms with E-state index in [0.717, 1.165) is 0 Å². The second-order valence-electron chi connectivity index (χ2n) is 3.79. The first-order valence-electron chi connectivity index (χ1n) is 5.51. The third kappa shape index (κ3) is 2.77. The summed E-state index contributed by atoms with van der Waals surface area (Å²) < 4.78 is 31.6. The van der Waals surface area contributed by atoms with Crippen LogP contribution < -0.4 is 10.1 Å². The molecule has 2 rings (SSSR count). The Morgan fingerprint density at radius 2 is 1.89 bits per heavy atom. The highest BCUT2D eigenvalue weighted by Gasteiger charge is 2.06. The molecule has 4 heteroatoms. The number of benzene rings is 2. The van der Waals surface area contributed by atoms with Gasteiger partial charge in [0.2, 0.25) is 0 Å². The van der Waals surface area contributed by atoms with Gasteiger partial charge in [-0.05, 0) is 30.3 Å². The monoisotopic (exact) mass is 249 g/mol. The van der Waals surface area contributed by atoms with Crippen LogP contribution in [0.1, 0.15) is 5.56 Å². The Morgan fingerprint density at radius 3 is 2.61 bits per heavy atom. The number of nitrogens with one attached hydrogen (secondary N) is 1. The lowest BCUT2D eigenvalue weighted by molar-refractivity contribution is 0.409. The largest absolute Gasteiger partial charge is 0.496 e. The molecule has 1 N–H and O–H groups in total. The number of hydrogen-bond acceptors (Lipinski definition) is 2. The normalized spacial score (nSPS) is 10.2. The third-order valence-corrected chi connectivity index (χ3v) is 2.59. The molecule has 0 aliphatic carbocycles. The summed E-state index contributed by atoms with van der Waals surface area (Å²) >= 11 is 0. The van der Waals surface area contributed by atoms with Crippen LogP contribution in [0.15, 0.2) is 42.5 Å². The van der Waals surface area contributed by atoms with Gasteiger partial charge in [0.05, 0.1) is 12.8 Å². The van der Waals surface area contributed by atoms with E-state index in [2.05, 4.69) is 5.32 Å². The molecule has 0 fully saturated rings. The van der Waals surface area contributed by atoms with Crippen molar-refractivity contribution in [3.8, 4) is 5.75 Å². The van der Waals surface area contributed by atoms with Gasteiger partial charge in [0.15, 0.2) is 0 Å². The van der Waals surface area contributed by atoms with E-state index in [1.807, 2.05) is 0 Å². The van der Waals surface area contributed by atoms with Gasteiger partial charge in [-0.3, -0.25) is 0 Å². The van der Waals surface area contributed by atoms with Crippen molar-refractivity contribution in [1.29, 1.82) is 0 Å². The molecule has 0 saturated carbocycles. The lowest BCUT2D eigenvalue weighted by Gasteiger charge is -2.11. The summed E-state index contributed by atoms with van der Waals surface area (Å²) in [5.41, 5.74) is 1.02. The second-order valence-corrected chi connectivity index (χ2v) is 3.79. The molecule has 0 atom stereocenters. The molecule has 0 spiro atoms. The predicted octanol–water partition coefficient (Wildman–Crippen LogP) is 3.59. The summed E-state index contributed by atoms with van der Waals surface area (Å²) in [5.74, 6) is -0.116. The summed E-state index contributed by atoms with van der Waals surface area (Å²) in [7, 11) is 1.51. The van der Waals surface area contributed by atoms with Crippen LogP contribution >= 0.6 is 0 Å². The summed E-state index contributed by atoms with van der Waals surface area (Å²) in [6.45, 7) is 0.294. The second kappa shape index (κ2) is 5.49. The molecule has 0 unspecified atom stereocenters. The van der Waals surface area contributed by atoms with Gasteiger partial charge in [-0.1, -0.05) is 12.1 Å². The van der Waals surface area contributed by atoms with Gasteiger partial charge in [-0.25, -0.2) is 8.78 Å². The van der Waals surface area contributed by atoms with Crippen LogP contribution in [0, 0.1) is 11.6 Å². The zero-order valence-corrected chi connectivity index (χ0v) is 9.91. The first-order valence-corrected chi connectivity index (χ1v) is 5.51. The number of rotatable bonds is 4. The molecule has 0 aromatic heterocycles. The van der Waals surface area contributed by atoms with Crippen LogP contribution in [0.4, 0.5) is 14.5 Å². The molecule has 2 aromatic carbocycles. The first kappa shape index (κ1) is 12.4. The average molecular weight is 249 g/mol. The number of ether oxygens (including phenoxy) is 1. The maximum Gasteiger partial charge on any atom is 0.146 e. The van der Waals surface area contributed by atoms with E-state index in [1.54, 1.807) is 24.3 Å². The molecule has 0 heterocycles. The van der Waals surface area contributed by atoms with Crippen molar-refractivity contribution >= 4 is 5.69 Å². The number of methoxy groups -OCH3 is 1. The summed E-state index contributed by atoms with van der Waals surface area (Å²) in [4.78, 5) is 0. The van der Waals surface area contributed by atoms with Crippen LogP contribution in [0.5, 0.6) is 5.75 Å². The van der Waals surface area contributed by atoms with Crippen molar-refractivity contribution in [2.45, 2.75) is 6.54 Å². The van der Waals surface area contributed by atoms with Gasteiger partial charge in [0.1, 0.15) is 17.4 Å². The fourth-order valence-electron chi connectivity index (χ4n) is 1.68. The smallest absolute Gasteiger partial charge is 0.146 e. The molecule has 0 amide bonds. The van der Waals surface area contributed by atoms with Crippen molar-refractivity contribution in [3.05, 3.63) is 59.7 Å². The lowest BCUT2D eigenvalue weighted by Crippen LogP contribution is -2.03. The number of hydrogen-bond donors (Lipinski definition) is 1. The minimum absolute atomic E-state index is 0.294. The van der Waals surface area contributed by atoms with Crippen LogP contribution in [0.2, 0.25) is 0 Å². The standard InChI is InChI=1S/C14H13F2NO/c1-18-14-7-6-11(15)8-10(14)9-17-13-5-3-2-4-12(13)16/h2-8,17H,9H2,1H3. The summed E-state index contributed by atoms with van der Waals surface area (Å²) in [6, 6.07) is 10.6. The van der Waals surface area contributed by atoms with E-state index in [1.165, 1.54) is 25.3 Å². The molecule has 2 aromatic rings. The Morgan fingerprint density at radius 1 is 1.11 bits per heavy atom. The topological polar surface area (TPSA) is 21.3 Å². The number of halogens is 2. The number of anilines is 1. The highest BCUT2D eigenvalue weighted by atomic mass is 19.1. The van der Waals surface area contributed by atoms with Crippen molar-refractivity contribution in [2.75, 3.05) is 12.4 Å². The Bertz CT molecular complexity index is 543. The molecule has 0 radical (unpaired) electrons. The van der Waals surface area contributed by atoms with Crippen LogP contribution in [0.25, 0.3) is 0 Å². The van der Waals surface area contributed by atoms with Crippen LogP contribution in [0.3, 0.4) is 0 Å². The number of para-hydroxylation sites is 1. The van der Waals surface area contributed by atoms with Gasteiger partial charge in [0, 0.05) is 12.1 Å². The minimum Gasteiger partial charge on any atom is -0.496 e. The Labute approximate surface area is 104 Å². The van der Waals surface area contributed by atoms with E-state index in [9.17, 15) is 8.78 Å². The average Bonchev–Trinajstić information content (AvgIpc) is 2.38. The maximum absolute atomic E-state index is 13.4. The molecule has 2 nitrogen and oxygen atoms in total. The molecule has 0 saturated heterocycles. The molecular weight excluding hydrogens is 236 g/mol. The fraction of sp³-hybridized carbons (Fsp3) is 0.143. The summed E-state index contributed by atoms with van der Waals surface area (Å²) in [5, 5.41) is 2.91. The Kier molecular flexibility index (Phi) is 3.77. The van der Waals surface area contributed by atoms with Gasteiger partial charge in [-0.2, -0.15) is 0 Å². The van der Waals surface area contributed by atoms with Gasteiger partial charge in [0.25, 0.3) is 0 Å². The SMILES string of the molecule is COc1ccc(F)cc1CNc1ccccc1F. The van der Waals surface area contributed by atoms with Crippen molar-refractivity contribution in [2.24, 2.45) is 0 Å². The molecule has 94 valence electrons.